The summed E-state index contributed by atoms with van der Waals surface area (Å²) in [4.78, 5) is 33.4. The van der Waals surface area contributed by atoms with Gasteiger partial charge in [-0.2, -0.15) is 0 Å². The van der Waals surface area contributed by atoms with Crippen LogP contribution in [-0.2, 0) is 28.6 Å². The molecule has 18 heavy (non-hydrogen) atoms. The Bertz CT molecular complexity index is 382. The number of hydrogen-bond acceptors (Lipinski definition) is 7. The van der Waals surface area contributed by atoms with Gasteiger partial charge in [-0.25, -0.2) is 0 Å². The molecule has 2 saturated heterocycles. The molecule has 0 amide bonds. The molecule has 2 aliphatic heterocycles. The summed E-state index contributed by atoms with van der Waals surface area (Å²) in [5.41, 5.74) is 0. The van der Waals surface area contributed by atoms with Crippen molar-refractivity contribution in [3.8, 4) is 0 Å². The van der Waals surface area contributed by atoms with E-state index in [9.17, 15) is 14.4 Å². The molecule has 2 rings (SSSR count). The molecule has 2 aliphatic rings. The fraction of sp³-hybridized carbons (Fsp3) is 0.727. The van der Waals surface area contributed by atoms with Gasteiger partial charge in [-0.3, -0.25) is 14.4 Å². The zero-order chi connectivity index (χ0) is 13.3. The fourth-order valence-corrected chi connectivity index (χ4v) is 3.51. The molecule has 2 fully saturated rings. The van der Waals surface area contributed by atoms with Crippen molar-refractivity contribution in [2.75, 3.05) is 5.75 Å². The minimum atomic E-state index is -0.705. The number of carbonyl (C=O) groups is 3. The Morgan fingerprint density at radius 1 is 1.28 bits per heavy atom. The largest absolute Gasteiger partial charge is 0.458 e. The molecule has 0 unspecified atom stereocenters. The summed E-state index contributed by atoms with van der Waals surface area (Å²) < 4.78 is 15.4. The second-order valence-corrected chi connectivity index (χ2v) is 5.52. The van der Waals surface area contributed by atoms with E-state index in [1.807, 2.05) is 0 Å². The van der Waals surface area contributed by atoms with Crippen LogP contribution in [0.2, 0.25) is 0 Å². The van der Waals surface area contributed by atoms with Crippen LogP contribution in [0.1, 0.15) is 20.3 Å². The SMILES string of the molecule is CC(=O)O[C@H]1[C@@H]2OC(=O)C[C@@H]2SC[C@H]1OC(C)=O. The van der Waals surface area contributed by atoms with Crippen molar-refractivity contribution >= 4 is 29.7 Å². The molecular weight excluding hydrogens is 260 g/mol. The normalized spacial score (nSPS) is 34.4. The highest BCUT2D eigenvalue weighted by atomic mass is 32.2. The molecule has 6 nitrogen and oxygen atoms in total. The first-order valence-electron chi connectivity index (χ1n) is 5.63. The zero-order valence-corrected chi connectivity index (χ0v) is 10.9. The number of fused-ring (bicyclic) bond motifs is 1. The quantitative estimate of drug-likeness (QED) is 0.528. The second-order valence-electron chi connectivity index (χ2n) is 4.25. The summed E-state index contributed by atoms with van der Waals surface area (Å²) >= 11 is 1.50. The van der Waals surface area contributed by atoms with Gasteiger partial charge in [-0.05, 0) is 0 Å². The highest BCUT2D eigenvalue weighted by Gasteiger charge is 2.50. The lowest BCUT2D eigenvalue weighted by Crippen LogP contribution is -2.51. The Labute approximate surface area is 108 Å². The lowest BCUT2D eigenvalue weighted by Gasteiger charge is -2.36. The molecule has 0 aromatic rings. The van der Waals surface area contributed by atoms with Crippen molar-refractivity contribution in [3.05, 3.63) is 0 Å². The van der Waals surface area contributed by atoms with E-state index in [0.717, 1.165) is 0 Å². The first-order valence-corrected chi connectivity index (χ1v) is 6.68. The molecule has 0 aromatic heterocycles. The molecule has 0 radical (unpaired) electrons. The van der Waals surface area contributed by atoms with Crippen LogP contribution in [0.25, 0.3) is 0 Å². The van der Waals surface area contributed by atoms with E-state index in [0.29, 0.717) is 12.2 Å². The number of carbonyl (C=O) groups excluding carboxylic acids is 3. The second kappa shape index (κ2) is 5.17. The molecule has 100 valence electrons. The molecule has 0 bridgehead atoms. The molecule has 4 atom stereocenters. The van der Waals surface area contributed by atoms with Gasteiger partial charge in [0, 0.05) is 19.6 Å². The maximum atomic E-state index is 11.3. The average molecular weight is 274 g/mol. The van der Waals surface area contributed by atoms with E-state index in [-0.39, 0.29) is 11.2 Å². The monoisotopic (exact) mass is 274 g/mol. The van der Waals surface area contributed by atoms with Crippen LogP contribution >= 0.6 is 11.8 Å². The van der Waals surface area contributed by atoms with E-state index in [1.165, 1.54) is 25.6 Å². The first-order chi connectivity index (χ1) is 8.47. The van der Waals surface area contributed by atoms with E-state index in [4.69, 9.17) is 14.2 Å². The number of ether oxygens (including phenoxy) is 3. The van der Waals surface area contributed by atoms with E-state index in [2.05, 4.69) is 0 Å². The van der Waals surface area contributed by atoms with Crippen molar-refractivity contribution in [2.45, 2.75) is 43.8 Å². The minimum Gasteiger partial charge on any atom is -0.458 e. The van der Waals surface area contributed by atoms with Gasteiger partial charge in [0.2, 0.25) is 0 Å². The maximum absolute atomic E-state index is 11.3. The summed E-state index contributed by atoms with van der Waals surface area (Å²) in [7, 11) is 0. The van der Waals surface area contributed by atoms with Gasteiger partial charge in [0.05, 0.1) is 11.7 Å². The zero-order valence-electron chi connectivity index (χ0n) is 10.1. The molecule has 0 aliphatic carbocycles. The predicted octanol–water partition coefficient (Wildman–Crippen LogP) is 0.281. The first kappa shape index (κ1) is 13.2. The lowest BCUT2D eigenvalue weighted by atomic mass is 10.0. The van der Waals surface area contributed by atoms with Crippen molar-refractivity contribution in [3.63, 3.8) is 0 Å². The third-order valence-electron chi connectivity index (χ3n) is 2.79. The van der Waals surface area contributed by atoms with Crippen LogP contribution in [-0.4, -0.2) is 47.2 Å². The maximum Gasteiger partial charge on any atom is 0.307 e. The van der Waals surface area contributed by atoms with E-state index < -0.39 is 30.3 Å². The standard InChI is InChI=1S/C11H14O6S/c1-5(12)15-7-4-18-8-3-9(14)17-11(8)10(7)16-6(2)13/h7-8,10-11H,3-4H2,1-2H3/t7-,8+,10-,11-/m1/s1. The average Bonchev–Trinajstić information content (AvgIpc) is 2.61. The lowest BCUT2D eigenvalue weighted by molar-refractivity contribution is -0.176. The molecule has 0 N–H and O–H groups in total. The topological polar surface area (TPSA) is 78.9 Å². The molecule has 0 saturated carbocycles. The van der Waals surface area contributed by atoms with Crippen LogP contribution < -0.4 is 0 Å². The number of thioether (sulfide) groups is 1. The van der Waals surface area contributed by atoms with Crippen molar-refractivity contribution in [2.24, 2.45) is 0 Å². The predicted molar refractivity (Wildman–Crippen MR) is 61.9 cm³/mol. The van der Waals surface area contributed by atoms with Crippen molar-refractivity contribution < 1.29 is 28.6 Å². The number of rotatable bonds is 2. The van der Waals surface area contributed by atoms with Crippen LogP contribution in [0.15, 0.2) is 0 Å². The van der Waals surface area contributed by atoms with Crippen LogP contribution in [0.5, 0.6) is 0 Å². The smallest absolute Gasteiger partial charge is 0.307 e. The summed E-state index contributed by atoms with van der Waals surface area (Å²) in [5.74, 6) is -0.737. The number of esters is 3. The van der Waals surface area contributed by atoms with Gasteiger partial charge in [0.1, 0.15) is 0 Å². The minimum absolute atomic E-state index is 0.0336. The van der Waals surface area contributed by atoms with Gasteiger partial charge < -0.3 is 14.2 Å². The third kappa shape index (κ3) is 2.77. The molecule has 7 heteroatoms. The summed E-state index contributed by atoms with van der Waals surface area (Å²) in [6.07, 6.45) is -1.49. The van der Waals surface area contributed by atoms with Gasteiger partial charge in [-0.15, -0.1) is 11.8 Å². The Kier molecular flexibility index (Phi) is 3.79. The Balaban J connectivity index is 2.14. The Morgan fingerprint density at radius 3 is 2.56 bits per heavy atom. The Hall–Kier alpha value is -1.24. The van der Waals surface area contributed by atoms with Crippen molar-refractivity contribution in [1.82, 2.24) is 0 Å². The van der Waals surface area contributed by atoms with E-state index >= 15 is 0 Å². The molecule has 0 spiro atoms. The molecule has 2 heterocycles. The van der Waals surface area contributed by atoms with Gasteiger partial charge in [-0.1, -0.05) is 0 Å². The highest BCUT2D eigenvalue weighted by Crippen LogP contribution is 2.38. The van der Waals surface area contributed by atoms with Gasteiger partial charge in [0.15, 0.2) is 18.3 Å². The molecular formula is C11H14O6S. The summed E-state index contributed by atoms with van der Waals surface area (Å²) in [6, 6.07) is 0. The summed E-state index contributed by atoms with van der Waals surface area (Å²) in [6.45, 7) is 2.57. The van der Waals surface area contributed by atoms with Crippen LogP contribution in [0.3, 0.4) is 0 Å². The Morgan fingerprint density at radius 2 is 1.94 bits per heavy atom. The van der Waals surface area contributed by atoms with Crippen molar-refractivity contribution in [1.29, 1.82) is 0 Å². The van der Waals surface area contributed by atoms with Crippen LogP contribution in [0, 0.1) is 0 Å². The van der Waals surface area contributed by atoms with Crippen LogP contribution in [0.4, 0.5) is 0 Å². The van der Waals surface area contributed by atoms with E-state index in [1.54, 1.807) is 0 Å². The number of hydrogen-bond donors (Lipinski definition) is 0. The molecule has 0 aromatic carbocycles. The summed E-state index contributed by atoms with van der Waals surface area (Å²) in [5, 5.41) is -0.0336. The third-order valence-corrected chi connectivity index (χ3v) is 4.17. The van der Waals surface area contributed by atoms with Gasteiger partial charge in [0.25, 0.3) is 0 Å². The highest BCUT2D eigenvalue weighted by molar-refractivity contribution is 8.00. The van der Waals surface area contributed by atoms with Gasteiger partial charge >= 0.3 is 17.9 Å². The fourth-order valence-electron chi connectivity index (χ4n) is 2.16.